The standard InChI is InChI=1S/C80H85N4O2.Pt/c1-46(2)52-36-64(48(5)6)74(65(37-52)49(7)8)62-25-23-26-63(75-66(50(9)10)38-53(47(3)4)39-67(75)51(11)12)77(62)83-45-82(68-27-20-21-28-69(68)83)56-40-55(80(16,17)18)41-58(43-56)85-57-30-31-61-71(44-57)84(73-42-54(34-35-81-73)79(13,14)15)70-33-32-60-59-24-19-22-29-72(59)86-78(60)76(61)70;/h19-42,45-51H,1-18H3;/q-3;. The number of fused-ring (bicyclic) bond motifs is 8. The molecule has 3 aromatic heterocycles. The second kappa shape index (κ2) is 23.3. The molecular weight excluding hydrogens is 1240 g/mol. The molecule has 0 saturated heterocycles. The van der Waals surface area contributed by atoms with Crippen molar-refractivity contribution in [2.45, 2.75) is 171 Å². The zero-order valence-corrected chi connectivity index (χ0v) is 56.6. The minimum atomic E-state index is -0.242. The summed E-state index contributed by atoms with van der Waals surface area (Å²) >= 11 is 0. The van der Waals surface area contributed by atoms with Gasteiger partial charge in [0.25, 0.3) is 0 Å². The molecule has 0 aliphatic carbocycles. The van der Waals surface area contributed by atoms with Crippen LogP contribution in [-0.2, 0) is 31.9 Å². The Hall–Kier alpha value is -7.40. The Bertz CT molecular complexity index is 4270. The Morgan fingerprint density at radius 2 is 1.03 bits per heavy atom. The summed E-state index contributed by atoms with van der Waals surface area (Å²) in [5, 5.41) is 4.18. The maximum absolute atomic E-state index is 7.15. The Balaban J connectivity index is 0.00000784. The number of benzene rings is 8. The van der Waals surface area contributed by atoms with Crippen LogP contribution in [0.25, 0.3) is 71.8 Å². The molecule has 450 valence electrons. The Labute approximate surface area is 532 Å². The van der Waals surface area contributed by atoms with Gasteiger partial charge in [-0.3, -0.25) is 0 Å². The van der Waals surface area contributed by atoms with Crippen molar-refractivity contribution < 1.29 is 30.2 Å². The van der Waals surface area contributed by atoms with Crippen LogP contribution in [-0.4, -0.2) is 9.55 Å². The fraction of sp³-hybridized carbons (Fsp3) is 0.325. The van der Waals surface area contributed by atoms with Crippen LogP contribution in [0.2, 0.25) is 0 Å². The van der Waals surface area contributed by atoms with Crippen molar-refractivity contribution >= 4 is 66.5 Å². The number of rotatable bonds is 13. The number of hydrogen-bond acceptors (Lipinski definition) is 5. The van der Waals surface area contributed by atoms with E-state index in [0.717, 1.165) is 72.2 Å². The predicted molar refractivity (Wildman–Crippen MR) is 364 cm³/mol. The molecule has 0 fully saturated rings. The van der Waals surface area contributed by atoms with Gasteiger partial charge < -0.3 is 23.5 Å². The minimum Gasteiger partial charge on any atom is -0.509 e. The largest absolute Gasteiger partial charge is 0.509 e. The average Bonchev–Trinajstić information content (AvgIpc) is 1.65. The van der Waals surface area contributed by atoms with E-state index in [1.165, 1.54) is 66.9 Å². The third kappa shape index (κ3) is 11.0. The van der Waals surface area contributed by atoms with Gasteiger partial charge in [0.05, 0.1) is 0 Å². The number of anilines is 4. The van der Waals surface area contributed by atoms with E-state index in [-0.39, 0.29) is 55.6 Å². The first-order chi connectivity index (χ1) is 40.9. The molecule has 4 heterocycles. The summed E-state index contributed by atoms with van der Waals surface area (Å²) in [5.41, 5.74) is 23.2. The van der Waals surface area contributed by atoms with E-state index in [1.54, 1.807) is 0 Å². The summed E-state index contributed by atoms with van der Waals surface area (Å²) < 4.78 is 16.1. The van der Waals surface area contributed by atoms with Crippen LogP contribution in [0.5, 0.6) is 11.5 Å². The zero-order chi connectivity index (χ0) is 61.0. The minimum absolute atomic E-state index is 0. The van der Waals surface area contributed by atoms with E-state index in [1.807, 2.05) is 24.4 Å². The molecule has 11 aromatic rings. The van der Waals surface area contributed by atoms with Gasteiger partial charge in [-0.05, 0) is 144 Å². The van der Waals surface area contributed by atoms with Crippen molar-refractivity contribution in [3.63, 3.8) is 0 Å². The van der Waals surface area contributed by atoms with Crippen molar-refractivity contribution in [3.8, 4) is 39.6 Å². The van der Waals surface area contributed by atoms with Gasteiger partial charge in [-0.2, -0.15) is 6.07 Å². The van der Waals surface area contributed by atoms with Crippen LogP contribution in [0, 0.1) is 18.8 Å². The zero-order valence-electron chi connectivity index (χ0n) is 54.3. The van der Waals surface area contributed by atoms with Gasteiger partial charge in [0.1, 0.15) is 17.0 Å². The first kappa shape index (κ1) is 61.3. The molecule has 0 amide bonds. The second-order valence-electron chi connectivity index (χ2n) is 28.1. The Morgan fingerprint density at radius 3 is 1.59 bits per heavy atom. The third-order valence-electron chi connectivity index (χ3n) is 17.9. The summed E-state index contributed by atoms with van der Waals surface area (Å²) in [7, 11) is 0. The number of nitrogens with zero attached hydrogens (tertiary/aromatic N) is 4. The van der Waals surface area contributed by atoms with Crippen LogP contribution >= 0.6 is 0 Å². The van der Waals surface area contributed by atoms with Crippen LogP contribution in [0.4, 0.5) is 22.7 Å². The van der Waals surface area contributed by atoms with E-state index in [9.17, 15) is 0 Å². The van der Waals surface area contributed by atoms with Gasteiger partial charge in [0, 0.05) is 83.2 Å². The van der Waals surface area contributed by atoms with Gasteiger partial charge in [-0.1, -0.05) is 208 Å². The number of ether oxygens (including phenoxy) is 1. The normalized spacial score (nSPS) is 13.1. The van der Waals surface area contributed by atoms with E-state index in [2.05, 4.69) is 279 Å². The molecule has 8 aromatic carbocycles. The third-order valence-corrected chi connectivity index (χ3v) is 17.9. The Morgan fingerprint density at radius 1 is 0.494 bits per heavy atom. The van der Waals surface area contributed by atoms with Crippen molar-refractivity contribution in [1.82, 2.24) is 9.55 Å². The predicted octanol–water partition coefficient (Wildman–Crippen LogP) is 23.5. The Kier molecular flexibility index (Phi) is 16.4. The topological polar surface area (TPSA) is 46.7 Å². The van der Waals surface area contributed by atoms with Crippen molar-refractivity contribution in [2.75, 3.05) is 9.80 Å². The van der Waals surface area contributed by atoms with Crippen molar-refractivity contribution in [2.24, 2.45) is 0 Å². The number of pyridine rings is 1. The molecule has 0 atom stereocenters. The van der Waals surface area contributed by atoms with E-state index in [0.29, 0.717) is 23.3 Å². The number of para-hydroxylation sites is 4. The van der Waals surface area contributed by atoms with Crippen LogP contribution in [0.3, 0.4) is 0 Å². The summed E-state index contributed by atoms with van der Waals surface area (Å²) in [6.07, 6.45) is 1.92. The smallest absolute Gasteiger partial charge is 0.135 e. The molecule has 1 aliphatic rings. The van der Waals surface area contributed by atoms with Crippen LogP contribution in [0.15, 0.2) is 150 Å². The SMILES string of the molecule is CC(C)c1cc(C(C)C)c(-c2cccc(-c3c(C(C)C)cc(C(C)C)cc3C(C)C)c2N2[CH-]N(c3[c-]c(Oc4[c-]c5c(cc4)c4c6oc7ccccc7c6ccc4n5-c4cc(C(C)(C)C)ccn4)cc(C(C)(C)C)c3)c3ccccc32)c(C(C)C)c1.[Pt]. The fourth-order valence-corrected chi connectivity index (χ4v) is 13.0. The number of hydrogen-bond donors (Lipinski definition) is 0. The molecule has 87 heavy (non-hydrogen) atoms. The van der Waals surface area contributed by atoms with Gasteiger partial charge >= 0.3 is 0 Å². The molecule has 0 spiro atoms. The molecule has 0 saturated carbocycles. The average molecular weight is 1330 g/mol. The van der Waals surface area contributed by atoms with E-state index >= 15 is 0 Å². The van der Waals surface area contributed by atoms with Gasteiger partial charge in [0.15, 0.2) is 0 Å². The second-order valence-corrected chi connectivity index (χ2v) is 28.1. The van der Waals surface area contributed by atoms with Gasteiger partial charge in [-0.15, -0.1) is 48.3 Å². The first-order valence-electron chi connectivity index (χ1n) is 31.4. The molecule has 7 heteroatoms. The molecule has 0 unspecified atom stereocenters. The maximum atomic E-state index is 7.15. The monoisotopic (exact) mass is 1330 g/mol. The fourth-order valence-electron chi connectivity index (χ4n) is 13.0. The van der Waals surface area contributed by atoms with E-state index < -0.39 is 0 Å². The molecule has 1 aliphatic heterocycles. The summed E-state index contributed by atoms with van der Waals surface area (Å²) in [6.45, 7) is 44.1. The molecule has 0 N–H and O–H groups in total. The quantitative estimate of drug-likeness (QED) is 0.108. The molecule has 0 bridgehead atoms. The molecule has 0 radical (unpaired) electrons. The van der Waals surface area contributed by atoms with Crippen molar-refractivity contribution in [3.05, 3.63) is 209 Å². The van der Waals surface area contributed by atoms with Gasteiger partial charge in [-0.25, -0.2) is 4.98 Å². The maximum Gasteiger partial charge on any atom is 0.135 e. The van der Waals surface area contributed by atoms with Crippen molar-refractivity contribution in [1.29, 1.82) is 0 Å². The molecule has 12 rings (SSSR count). The van der Waals surface area contributed by atoms with Crippen LogP contribution < -0.4 is 14.5 Å². The van der Waals surface area contributed by atoms with Gasteiger partial charge in [0.2, 0.25) is 0 Å². The van der Waals surface area contributed by atoms with E-state index in [4.69, 9.17) is 14.1 Å². The van der Waals surface area contributed by atoms with Crippen LogP contribution in [0.1, 0.15) is 205 Å². The summed E-state index contributed by atoms with van der Waals surface area (Å²) in [4.78, 5) is 9.86. The number of furan rings is 1. The summed E-state index contributed by atoms with van der Waals surface area (Å²) in [5.74, 6) is 3.90. The first-order valence-corrected chi connectivity index (χ1v) is 31.4. The molecule has 6 nitrogen and oxygen atoms in total. The summed E-state index contributed by atoms with van der Waals surface area (Å²) in [6, 6.07) is 59.3. The number of aromatic nitrogens is 2. The molecular formula is C80H85N4O2Pt-3.